The summed E-state index contributed by atoms with van der Waals surface area (Å²) in [5, 5.41) is 0. The van der Waals surface area contributed by atoms with Gasteiger partial charge >= 0.3 is 6.18 Å². The van der Waals surface area contributed by atoms with Crippen molar-refractivity contribution in [2.45, 2.75) is 32.0 Å². The first-order chi connectivity index (χ1) is 13.6. The van der Waals surface area contributed by atoms with Crippen molar-refractivity contribution in [1.29, 1.82) is 0 Å². The van der Waals surface area contributed by atoms with Crippen LogP contribution in [0.4, 0.5) is 13.2 Å². The Morgan fingerprint density at radius 3 is 2.31 bits per heavy atom. The first-order valence-corrected chi connectivity index (χ1v) is 11.2. The Hall–Kier alpha value is -2.35. The third kappa shape index (κ3) is 4.80. The molecule has 156 valence electrons. The Morgan fingerprint density at radius 2 is 1.76 bits per heavy atom. The van der Waals surface area contributed by atoms with Gasteiger partial charge in [-0.05, 0) is 42.2 Å². The Balaban J connectivity index is 1.95. The summed E-state index contributed by atoms with van der Waals surface area (Å²) in [7, 11) is -3.16. The van der Waals surface area contributed by atoms with Crippen LogP contribution in [0.1, 0.15) is 35.7 Å². The number of carbonyl (C=O) groups excluding carboxylic acids is 1. The molecule has 0 N–H and O–H groups in total. The molecule has 0 radical (unpaired) electrons. The number of hydrogen-bond acceptors (Lipinski definition) is 3. The van der Waals surface area contributed by atoms with Gasteiger partial charge in [0.15, 0.2) is 9.84 Å². The zero-order chi connectivity index (χ0) is 21.2. The molecular weight excluding hydrogens is 403 g/mol. The summed E-state index contributed by atoms with van der Waals surface area (Å²) in [6.45, 7) is 2.33. The van der Waals surface area contributed by atoms with Gasteiger partial charge in [-0.15, -0.1) is 0 Å². The number of amides is 1. The molecule has 1 fully saturated rings. The molecule has 1 amide bonds. The molecule has 1 aliphatic rings. The van der Waals surface area contributed by atoms with Crippen molar-refractivity contribution in [1.82, 2.24) is 4.90 Å². The maximum atomic E-state index is 13.3. The topological polar surface area (TPSA) is 54.5 Å². The average Bonchev–Trinajstić information content (AvgIpc) is 3.04. The fourth-order valence-electron chi connectivity index (χ4n) is 3.63. The van der Waals surface area contributed by atoms with Crippen molar-refractivity contribution in [3.63, 3.8) is 0 Å². The van der Waals surface area contributed by atoms with Crippen LogP contribution >= 0.6 is 0 Å². The maximum absolute atomic E-state index is 13.3. The fraction of sp³-hybridized carbons (Fsp3) is 0.381. The summed E-state index contributed by atoms with van der Waals surface area (Å²) in [5.41, 5.74) is 0.615. The van der Waals surface area contributed by atoms with Gasteiger partial charge in [-0.2, -0.15) is 13.2 Å². The smallest absolute Gasteiger partial charge is 0.335 e. The summed E-state index contributed by atoms with van der Waals surface area (Å²) in [6.07, 6.45) is -3.36. The van der Waals surface area contributed by atoms with E-state index in [0.717, 1.165) is 12.1 Å². The third-order valence-electron chi connectivity index (χ3n) is 5.06. The van der Waals surface area contributed by atoms with E-state index in [9.17, 15) is 26.4 Å². The number of halogens is 3. The lowest BCUT2D eigenvalue weighted by Crippen LogP contribution is -2.41. The van der Waals surface area contributed by atoms with Crippen LogP contribution in [-0.4, -0.2) is 43.3 Å². The number of carbonyl (C=O) groups is 1. The van der Waals surface area contributed by atoms with Gasteiger partial charge in [-0.1, -0.05) is 37.3 Å². The minimum absolute atomic E-state index is 0.0544. The van der Waals surface area contributed by atoms with E-state index < -0.39 is 21.6 Å². The second-order valence-corrected chi connectivity index (χ2v) is 9.40. The van der Waals surface area contributed by atoms with Crippen molar-refractivity contribution in [2.24, 2.45) is 0 Å². The van der Waals surface area contributed by atoms with E-state index in [1.165, 1.54) is 12.1 Å². The number of rotatable bonds is 5. The number of benzene rings is 2. The van der Waals surface area contributed by atoms with Crippen LogP contribution < -0.4 is 0 Å². The summed E-state index contributed by atoms with van der Waals surface area (Å²) in [4.78, 5) is 14.9. The molecule has 1 aliphatic heterocycles. The lowest BCUT2D eigenvalue weighted by molar-refractivity contribution is -0.137. The first-order valence-electron chi connectivity index (χ1n) is 9.40. The van der Waals surface area contributed by atoms with E-state index in [0.29, 0.717) is 36.1 Å². The molecule has 1 heterocycles. The van der Waals surface area contributed by atoms with E-state index >= 15 is 0 Å². The fourth-order valence-corrected chi connectivity index (χ4v) is 5.36. The molecule has 0 spiro atoms. The van der Waals surface area contributed by atoms with Crippen molar-refractivity contribution in [3.8, 4) is 11.1 Å². The highest BCUT2D eigenvalue weighted by Gasteiger charge is 2.35. The van der Waals surface area contributed by atoms with E-state index in [4.69, 9.17) is 0 Å². The highest BCUT2D eigenvalue weighted by molar-refractivity contribution is 7.91. The molecule has 29 heavy (non-hydrogen) atoms. The van der Waals surface area contributed by atoms with Crippen LogP contribution in [-0.2, 0) is 16.0 Å². The van der Waals surface area contributed by atoms with Crippen LogP contribution in [0.5, 0.6) is 0 Å². The van der Waals surface area contributed by atoms with Gasteiger partial charge in [0.2, 0.25) is 0 Å². The van der Waals surface area contributed by atoms with Crippen LogP contribution in [0.25, 0.3) is 11.1 Å². The van der Waals surface area contributed by atoms with Gasteiger partial charge in [0.25, 0.3) is 5.91 Å². The number of nitrogens with zero attached hydrogens (tertiary/aromatic N) is 1. The van der Waals surface area contributed by atoms with Gasteiger partial charge < -0.3 is 4.90 Å². The molecule has 0 aromatic heterocycles. The van der Waals surface area contributed by atoms with Crippen molar-refractivity contribution < 1.29 is 26.4 Å². The first kappa shape index (κ1) is 21.4. The highest BCUT2D eigenvalue weighted by atomic mass is 32.2. The molecule has 0 aliphatic carbocycles. The molecule has 8 heteroatoms. The van der Waals surface area contributed by atoms with E-state index in [2.05, 4.69) is 0 Å². The van der Waals surface area contributed by atoms with E-state index in [-0.39, 0.29) is 23.5 Å². The normalized spacial score (nSPS) is 18.6. The Labute approximate surface area is 168 Å². The maximum Gasteiger partial charge on any atom is 0.416 e. The molecule has 2 aromatic carbocycles. The summed E-state index contributed by atoms with van der Waals surface area (Å²) in [6, 6.07) is 11.0. The molecule has 0 saturated carbocycles. The third-order valence-corrected chi connectivity index (χ3v) is 6.81. The van der Waals surface area contributed by atoms with Gasteiger partial charge in [0.1, 0.15) is 0 Å². The van der Waals surface area contributed by atoms with Crippen LogP contribution in [0.3, 0.4) is 0 Å². The molecule has 0 bridgehead atoms. The molecule has 3 rings (SSSR count). The van der Waals surface area contributed by atoms with Gasteiger partial charge in [-0.25, -0.2) is 8.42 Å². The lowest BCUT2D eigenvalue weighted by atomic mass is 9.97. The molecular formula is C21H22F3NO3S. The lowest BCUT2D eigenvalue weighted by Gasteiger charge is -2.29. The van der Waals surface area contributed by atoms with Crippen LogP contribution in [0, 0.1) is 0 Å². The Morgan fingerprint density at radius 1 is 1.10 bits per heavy atom. The summed E-state index contributed by atoms with van der Waals surface area (Å²) >= 11 is 0. The van der Waals surface area contributed by atoms with Crippen molar-refractivity contribution in [2.75, 3.05) is 18.1 Å². The average molecular weight is 425 g/mol. The van der Waals surface area contributed by atoms with Gasteiger partial charge in [0, 0.05) is 18.2 Å². The van der Waals surface area contributed by atoms with Gasteiger partial charge in [-0.3, -0.25) is 4.79 Å². The summed E-state index contributed by atoms with van der Waals surface area (Å²) < 4.78 is 62.3. The second kappa shape index (κ2) is 8.18. The predicted octanol–water partition coefficient (Wildman–Crippen LogP) is 4.41. The second-order valence-electron chi connectivity index (χ2n) is 7.18. The molecule has 1 unspecified atom stereocenters. The van der Waals surface area contributed by atoms with E-state index in [1.807, 2.05) is 6.92 Å². The summed E-state index contributed by atoms with van der Waals surface area (Å²) in [5.74, 6) is -0.295. The zero-order valence-corrected chi connectivity index (χ0v) is 16.8. The standard InChI is InChI=1S/C21H22F3NO3S/c1-2-12-25(17-11-13-29(27,28)14-17)20(26)19-6-4-3-5-18(19)15-7-9-16(10-8-15)21(22,23)24/h3-10,17H,2,11-14H2,1H3. The Kier molecular flexibility index (Phi) is 6.03. The van der Waals surface area contributed by atoms with Crippen molar-refractivity contribution in [3.05, 3.63) is 59.7 Å². The van der Waals surface area contributed by atoms with E-state index in [1.54, 1.807) is 29.2 Å². The quantitative estimate of drug-likeness (QED) is 0.713. The molecule has 1 atom stereocenters. The van der Waals surface area contributed by atoms with Crippen molar-refractivity contribution >= 4 is 15.7 Å². The van der Waals surface area contributed by atoms with Crippen LogP contribution in [0.15, 0.2) is 48.5 Å². The number of alkyl halides is 3. The minimum Gasteiger partial charge on any atom is -0.335 e. The SMILES string of the molecule is CCCN(C(=O)c1ccccc1-c1ccc(C(F)(F)F)cc1)C1CCS(=O)(=O)C1. The van der Waals surface area contributed by atoms with Gasteiger partial charge in [0.05, 0.1) is 17.1 Å². The van der Waals surface area contributed by atoms with Crippen LogP contribution in [0.2, 0.25) is 0 Å². The highest BCUT2D eigenvalue weighted by Crippen LogP contribution is 2.32. The Bertz CT molecular complexity index is 985. The zero-order valence-electron chi connectivity index (χ0n) is 15.9. The molecule has 1 saturated heterocycles. The minimum atomic E-state index is -4.43. The largest absolute Gasteiger partial charge is 0.416 e. The number of sulfone groups is 1. The molecule has 2 aromatic rings. The predicted molar refractivity (Wildman–Crippen MR) is 105 cm³/mol. The monoisotopic (exact) mass is 425 g/mol. The number of hydrogen-bond donors (Lipinski definition) is 0. The molecule has 4 nitrogen and oxygen atoms in total.